The van der Waals surface area contributed by atoms with Crippen molar-refractivity contribution in [2.24, 2.45) is 0 Å². The van der Waals surface area contributed by atoms with Crippen LogP contribution in [0.4, 0.5) is 5.69 Å². The molecule has 1 aromatic rings. The first-order valence-electron chi connectivity index (χ1n) is 8.12. The third-order valence-electron chi connectivity index (χ3n) is 3.84. The van der Waals surface area contributed by atoms with E-state index in [1.54, 1.807) is 0 Å². The van der Waals surface area contributed by atoms with Crippen LogP contribution in [-0.4, -0.2) is 18.6 Å². The summed E-state index contributed by atoms with van der Waals surface area (Å²) in [6.45, 7) is 10.2. The Morgan fingerprint density at radius 3 is 2.27 bits per heavy atom. The Balaban J connectivity index is 2.94. The maximum atomic E-state index is 9.06. The van der Waals surface area contributed by atoms with E-state index in [-0.39, 0.29) is 0 Å². The predicted octanol–water partition coefficient (Wildman–Crippen LogP) is 5.18. The van der Waals surface area contributed by atoms with Crippen LogP contribution in [0.15, 0.2) is 41.4 Å². The summed E-state index contributed by atoms with van der Waals surface area (Å²) in [6, 6.07) is 8.63. The number of benzene rings is 1. The summed E-state index contributed by atoms with van der Waals surface area (Å²) in [7, 11) is -2.53. The Morgan fingerprint density at radius 1 is 1.23 bits per heavy atom. The molecule has 0 saturated heterocycles. The number of nitrogens with one attached hydrogen (secondary N) is 3. The zero-order valence-corrected chi connectivity index (χ0v) is 15.6. The average Bonchev–Trinajstić information content (AvgIpc) is 2.42. The lowest BCUT2D eigenvalue weighted by Crippen LogP contribution is -2.49. The van der Waals surface area contributed by atoms with Gasteiger partial charge in [0, 0.05) is 22.3 Å². The number of hydrogen-bond acceptors (Lipinski definition) is 2. The minimum atomic E-state index is -2.53. The highest BCUT2D eigenvalue weighted by Gasteiger charge is 2.25. The summed E-state index contributed by atoms with van der Waals surface area (Å²) in [4.78, 5) is 1.08. The number of unbranched alkanes of at least 4 members (excludes halogenated alkanes) is 1. The van der Waals surface area contributed by atoms with Crippen molar-refractivity contribution in [3.8, 4) is 0 Å². The van der Waals surface area contributed by atoms with E-state index in [0.29, 0.717) is 6.04 Å². The van der Waals surface area contributed by atoms with E-state index >= 15 is 0 Å². The molecular formula is C18H33N3S. The van der Waals surface area contributed by atoms with Crippen LogP contribution >= 0.6 is 0 Å². The van der Waals surface area contributed by atoms with Gasteiger partial charge in [0.25, 0.3) is 0 Å². The summed E-state index contributed by atoms with van der Waals surface area (Å²) in [5, 5.41) is 3.21. The molecule has 0 saturated carbocycles. The van der Waals surface area contributed by atoms with Crippen molar-refractivity contribution in [3.05, 3.63) is 36.5 Å². The van der Waals surface area contributed by atoms with E-state index < -0.39 is 9.14 Å². The van der Waals surface area contributed by atoms with Crippen molar-refractivity contribution >= 4 is 14.8 Å². The average molecular weight is 324 g/mol. The van der Waals surface area contributed by atoms with Gasteiger partial charge in [0.2, 0.25) is 0 Å². The van der Waals surface area contributed by atoms with Crippen molar-refractivity contribution in [2.75, 3.05) is 17.8 Å². The van der Waals surface area contributed by atoms with Crippen molar-refractivity contribution in [1.29, 1.82) is 4.78 Å². The summed E-state index contributed by atoms with van der Waals surface area (Å²) in [5.74, 6) is 0. The zero-order chi connectivity index (χ0) is 16.8. The quantitative estimate of drug-likeness (QED) is 0.586. The van der Waals surface area contributed by atoms with Gasteiger partial charge >= 0.3 is 0 Å². The maximum Gasteiger partial charge on any atom is 0.0382 e. The van der Waals surface area contributed by atoms with Crippen LogP contribution in [0.5, 0.6) is 0 Å². The molecule has 0 bridgehead atoms. The minimum Gasteiger partial charge on any atom is -0.360 e. The lowest BCUT2D eigenvalue weighted by atomic mass is 10.1. The zero-order valence-electron chi connectivity index (χ0n) is 14.8. The summed E-state index contributed by atoms with van der Waals surface area (Å²) >= 11 is 0. The Hall–Kier alpha value is -1.13. The van der Waals surface area contributed by atoms with E-state index in [4.69, 9.17) is 4.78 Å². The minimum absolute atomic E-state index is 0.419. The molecule has 1 rings (SSSR count). The Labute approximate surface area is 136 Å². The van der Waals surface area contributed by atoms with Gasteiger partial charge < -0.3 is 5.32 Å². The lowest BCUT2D eigenvalue weighted by molar-refractivity contribution is 0.528. The van der Waals surface area contributed by atoms with Gasteiger partial charge in [-0.3, -0.25) is 9.50 Å². The van der Waals surface area contributed by atoms with Crippen molar-refractivity contribution in [1.82, 2.24) is 4.72 Å². The molecule has 4 heteroatoms. The Morgan fingerprint density at radius 2 is 1.82 bits per heavy atom. The van der Waals surface area contributed by atoms with Gasteiger partial charge in [-0.05, 0) is 56.5 Å². The molecule has 1 unspecified atom stereocenters. The van der Waals surface area contributed by atoms with E-state index in [0.717, 1.165) is 29.1 Å². The molecule has 126 valence electrons. The molecular weight excluding hydrogens is 290 g/mol. The Bertz CT molecular complexity index is 554. The van der Waals surface area contributed by atoms with Crippen LogP contribution in [-0.2, 0) is 9.14 Å². The second kappa shape index (κ2) is 7.42. The fraction of sp³-hybridized carbons (Fsp3) is 0.556. The molecule has 3 N–H and O–H groups in total. The molecule has 0 heterocycles. The predicted molar refractivity (Wildman–Crippen MR) is 102 cm³/mol. The first-order valence-corrected chi connectivity index (χ1v) is 11.0. The Kier molecular flexibility index (Phi) is 6.38. The van der Waals surface area contributed by atoms with E-state index in [1.165, 1.54) is 12.8 Å². The van der Waals surface area contributed by atoms with Crippen LogP contribution in [0, 0.1) is 4.78 Å². The van der Waals surface area contributed by atoms with Crippen molar-refractivity contribution < 1.29 is 0 Å². The van der Waals surface area contributed by atoms with E-state index in [9.17, 15) is 0 Å². The van der Waals surface area contributed by atoms with Crippen LogP contribution in [0.3, 0.4) is 0 Å². The van der Waals surface area contributed by atoms with Crippen LogP contribution in [0.25, 0.3) is 0 Å². The summed E-state index contributed by atoms with van der Waals surface area (Å²) < 4.78 is 12.7. The number of hydrogen-bond donors (Lipinski definition) is 3. The standard InChI is InChI=1S/C18H33N3S/c1-7-9-10-16(8-2)21-22(5,6,19)18-13-11-17(12-14-18)20-15(3)4/h11-14,16,20H,3,7-10H2,1-2,4-6H3,(H2,19,21). The fourth-order valence-corrected chi connectivity index (χ4v) is 4.93. The van der Waals surface area contributed by atoms with E-state index in [2.05, 4.69) is 55.1 Å². The first-order chi connectivity index (χ1) is 10.2. The van der Waals surface area contributed by atoms with Crippen LogP contribution in [0.1, 0.15) is 46.5 Å². The molecule has 3 nitrogen and oxygen atoms in total. The number of anilines is 1. The van der Waals surface area contributed by atoms with Crippen LogP contribution < -0.4 is 10.0 Å². The molecule has 0 aliphatic rings. The molecule has 0 aromatic heterocycles. The molecule has 0 spiro atoms. The van der Waals surface area contributed by atoms with Gasteiger partial charge in [0.1, 0.15) is 0 Å². The second-order valence-electron chi connectivity index (χ2n) is 6.73. The summed E-state index contributed by atoms with van der Waals surface area (Å²) in [6.07, 6.45) is 8.77. The molecule has 0 aliphatic carbocycles. The van der Waals surface area contributed by atoms with Gasteiger partial charge in [-0.2, -0.15) is 0 Å². The van der Waals surface area contributed by atoms with Gasteiger partial charge in [0.05, 0.1) is 0 Å². The SMILES string of the molecule is C=C(C)Nc1ccc(S(C)(C)(=N)NC(CC)CCCC)cc1. The third-order valence-corrected chi connectivity index (χ3v) is 6.57. The summed E-state index contributed by atoms with van der Waals surface area (Å²) in [5.41, 5.74) is 1.95. The molecule has 22 heavy (non-hydrogen) atoms. The third kappa shape index (κ3) is 5.58. The highest BCUT2D eigenvalue weighted by Crippen LogP contribution is 2.30. The number of allylic oxidation sites excluding steroid dienone is 1. The topological polar surface area (TPSA) is 47.9 Å². The molecule has 1 atom stereocenters. The van der Waals surface area contributed by atoms with Crippen molar-refractivity contribution in [3.63, 3.8) is 0 Å². The van der Waals surface area contributed by atoms with Gasteiger partial charge in [0.15, 0.2) is 0 Å². The van der Waals surface area contributed by atoms with Gasteiger partial charge in [-0.1, -0.05) is 33.3 Å². The first kappa shape index (κ1) is 18.9. The monoisotopic (exact) mass is 323 g/mol. The van der Waals surface area contributed by atoms with E-state index in [1.807, 2.05) is 19.1 Å². The molecule has 0 fully saturated rings. The molecule has 1 aromatic carbocycles. The van der Waals surface area contributed by atoms with Crippen LogP contribution in [0.2, 0.25) is 0 Å². The maximum absolute atomic E-state index is 9.06. The molecule has 0 radical (unpaired) electrons. The molecule has 0 amide bonds. The highest BCUT2D eigenvalue weighted by atomic mass is 32.3. The van der Waals surface area contributed by atoms with Crippen molar-refractivity contribution in [2.45, 2.75) is 57.4 Å². The largest absolute Gasteiger partial charge is 0.360 e. The number of rotatable bonds is 9. The normalized spacial score (nSPS) is 14.9. The van der Waals surface area contributed by atoms with Gasteiger partial charge in [-0.15, -0.1) is 9.14 Å². The second-order valence-corrected chi connectivity index (χ2v) is 11.3. The lowest BCUT2D eigenvalue weighted by Gasteiger charge is -2.43. The van der Waals surface area contributed by atoms with Gasteiger partial charge in [-0.25, -0.2) is 0 Å². The molecule has 0 aliphatic heterocycles. The smallest absolute Gasteiger partial charge is 0.0382 e. The fourth-order valence-electron chi connectivity index (χ4n) is 2.56. The highest BCUT2D eigenvalue weighted by molar-refractivity contribution is 8.18.